The maximum Gasteiger partial charge on any atom is 0.234 e. The van der Waals surface area contributed by atoms with E-state index in [1.807, 2.05) is 24.5 Å². The number of carbonyl (C=O) groups is 2. The van der Waals surface area contributed by atoms with Crippen LogP contribution in [0.15, 0.2) is 66.0 Å². The number of ether oxygens (including phenoxy) is 1. The highest BCUT2D eigenvalue weighted by molar-refractivity contribution is 8.14. The number of amides is 1. The van der Waals surface area contributed by atoms with E-state index in [-0.39, 0.29) is 35.7 Å². The van der Waals surface area contributed by atoms with Gasteiger partial charge in [0.2, 0.25) is 5.91 Å². The maximum atomic E-state index is 12.5. The van der Waals surface area contributed by atoms with E-state index in [0.717, 1.165) is 36.8 Å². The molecule has 0 spiro atoms. The lowest BCUT2D eigenvalue weighted by Gasteiger charge is -2.36. The molecule has 3 heterocycles. The monoisotopic (exact) mass is 520 g/mol. The minimum Gasteiger partial charge on any atom is -0.494 e. The molecule has 9 nitrogen and oxygen atoms in total. The number of nitrogens with zero attached hydrogens (tertiary/aromatic N) is 3. The molecule has 2 aromatic carbocycles. The van der Waals surface area contributed by atoms with Gasteiger partial charge < -0.3 is 20.0 Å². The van der Waals surface area contributed by atoms with Crippen LogP contribution in [0, 0.1) is 0 Å². The second kappa shape index (κ2) is 11.3. The van der Waals surface area contributed by atoms with Crippen molar-refractivity contribution in [2.24, 2.45) is 5.10 Å². The average molecular weight is 521 g/mol. The van der Waals surface area contributed by atoms with Crippen molar-refractivity contribution >= 4 is 34.3 Å². The molecule has 10 heteroatoms. The number of hydrogen-bond acceptors (Lipinski definition) is 9. The van der Waals surface area contributed by atoms with Crippen LogP contribution in [-0.4, -0.2) is 51.3 Å². The molecule has 0 aliphatic carbocycles. The smallest absolute Gasteiger partial charge is 0.234 e. The fourth-order valence-electron chi connectivity index (χ4n) is 4.64. The number of fused-ring (bicyclic) bond motifs is 3. The number of thioether (sulfide) groups is 1. The minimum atomic E-state index is -0.149. The number of unbranched alkanes of at least 4 members (excludes halogenated alkanes) is 1. The first kappa shape index (κ1) is 25.2. The molecular formula is C27H32N6O3S. The molecule has 3 unspecified atom stereocenters. The van der Waals surface area contributed by atoms with Gasteiger partial charge in [-0.3, -0.25) is 15.0 Å². The van der Waals surface area contributed by atoms with Crippen LogP contribution in [0.1, 0.15) is 55.1 Å². The third kappa shape index (κ3) is 5.75. The number of hydrazone groups is 1. The third-order valence-corrected chi connectivity index (χ3v) is 7.61. The molecule has 0 aromatic heterocycles. The highest BCUT2D eigenvalue weighted by Crippen LogP contribution is 2.35. The van der Waals surface area contributed by atoms with Crippen molar-refractivity contribution in [3.05, 3.63) is 72.1 Å². The lowest BCUT2D eigenvalue weighted by molar-refractivity contribution is -0.113. The Morgan fingerprint density at radius 2 is 2.03 bits per heavy atom. The summed E-state index contributed by atoms with van der Waals surface area (Å²) < 4.78 is 5.80. The Morgan fingerprint density at radius 1 is 1.19 bits per heavy atom. The van der Waals surface area contributed by atoms with E-state index in [4.69, 9.17) is 4.74 Å². The van der Waals surface area contributed by atoms with E-state index in [1.165, 1.54) is 24.2 Å². The largest absolute Gasteiger partial charge is 0.494 e. The lowest BCUT2D eigenvalue weighted by atomic mass is 10.00. The van der Waals surface area contributed by atoms with Gasteiger partial charge in [0, 0.05) is 23.7 Å². The normalized spacial score (nSPS) is 21.7. The van der Waals surface area contributed by atoms with Crippen molar-refractivity contribution in [1.82, 2.24) is 20.8 Å². The molecule has 0 saturated carbocycles. The van der Waals surface area contributed by atoms with Crippen LogP contribution in [0.3, 0.4) is 0 Å². The topological polar surface area (TPSA) is 98.3 Å². The van der Waals surface area contributed by atoms with Gasteiger partial charge in [0.05, 0.1) is 24.4 Å². The van der Waals surface area contributed by atoms with Crippen LogP contribution in [0.25, 0.3) is 0 Å². The molecule has 2 aromatic rings. The van der Waals surface area contributed by atoms with Gasteiger partial charge >= 0.3 is 0 Å². The van der Waals surface area contributed by atoms with Crippen LogP contribution in [-0.2, 0) is 4.79 Å². The van der Waals surface area contributed by atoms with Crippen molar-refractivity contribution in [1.29, 1.82) is 0 Å². The molecule has 194 valence electrons. The number of anilines is 1. The molecule has 1 saturated heterocycles. The van der Waals surface area contributed by atoms with Gasteiger partial charge in [-0.05, 0) is 49.6 Å². The van der Waals surface area contributed by atoms with Gasteiger partial charge in [0.15, 0.2) is 11.0 Å². The van der Waals surface area contributed by atoms with Gasteiger partial charge in [-0.1, -0.05) is 49.4 Å². The second-order valence-electron chi connectivity index (χ2n) is 9.31. The zero-order chi connectivity index (χ0) is 25.8. The molecule has 3 aliphatic heterocycles. The maximum absolute atomic E-state index is 12.5. The Balaban J connectivity index is 1.14. The lowest BCUT2D eigenvalue weighted by Crippen LogP contribution is -2.54. The number of benzene rings is 2. The number of Topliss-reactive ketones (excluding diaryl/α,β-unsaturated/α-hetero) is 1. The summed E-state index contributed by atoms with van der Waals surface area (Å²) in [4.78, 5) is 26.2. The van der Waals surface area contributed by atoms with E-state index in [1.54, 1.807) is 24.3 Å². The van der Waals surface area contributed by atoms with Gasteiger partial charge in [-0.2, -0.15) is 5.10 Å². The van der Waals surface area contributed by atoms with Gasteiger partial charge in [-0.25, -0.2) is 5.43 Å². The van der Waals surface area contributed by atoms with Crippen LogP contribution < -0.4 is 20.9 Å². The summed E-state index contributed by atoms with van der Waals surface area (Å²) >= 11 is 1.38. The Kier molecular flexibility index (Phi) is 7.66. The number of carbonyl (C=O) groups excluding carboxylic acids is 2. The summed E-state index contributed by atoms with van der Waals surface area (Å²) in [6.07, 6.45) is 7.09. The van der Waals surface area contributed by atoms with Crippen molar-refractivity contribution in [2.75, 3.05) is 17.7 Å². The molecule has 1 amide bonds. The van der Waals surface area contributed by atoms with Crippen LogP contribution in [0.4, 0.5) is 5.69 Å². The predicted octanol–water partition coefficient (Wildman–Crippen LogP) is 4.05. The minimum absolute atomic E-state index is 0.0167. The molecule has 5 rings (SSSR count). The molecule has 0 radical (unpaired) electrons. The van der Waals surface area contributed by atoms with Crippen molar-refractivity contribution in [3.63, 3.8) is 0 Å². The SMILES string of the molecule is CCCCOc1ccc(C2CC3C4NN=C(SCC(=O)Nc5cccc(C(C)=O)c5)N4C=CN3N2)cc1. The second-order valence-corrected chi connectivity index (χ2v) is 10.3. The Morgan fingerprint density at radius 3 is 2.81 bits per heavy atom. The highest BCUT2D eigenvalue weighted by atomic mass is 32.2. The highest BCUT2D eigenvalue weighted by Gasteiger charge is 2.44. The molecule has 3 atom stereocenters. The molecular weight excluding hydrogens is 488 g/mol. The number of ketones is 1. The summed E-state index contributed by atoms with van der Waals surface area (Å²) in [6, 6.07) is 15.7. The summed E-state index contributed by atoms with van der Waals surface area (Å²) in [5.41, 5.74) is 9.25. The number of hydrogen-bond donors (Lipinski definition) is 3. The standard InChI is InChI=1S/C27H32N6O3S/c1-3-4-14-36-22-10-8-19(9-11-22)23-16-24-26-29-30-27(32(26)12-13-33(24)31-23)37-17-25(35)28-21-7-5-6-20(15-21)18(2)34/h5-13,15,23-24,26,29,31H,3-4,14,16-17H2,1-2H3,(H,28,35). The summed E-state index contributed by atoms with van der Waals surface area (Å²) in [5, 5.41) is 10.3. The first-order valence-corrected chi connectivity index (χ1v) is 13.6. The van der Waals surface area contributed by atoms with Gasteiger partial charge in [0.25, 0.3) is 0 Å². The van der Waals surface area contributed by atoms with E-state index in [0.29, 0.717) is 11.3 Å². The molecule has 1 fully saturated rings. The number of amidine groups is 1. The fourth-order valence-corrected chi connectivity index (χ4v) is 5.41. The van der Waals surface area contributed by atoms with Crippen LogP contribution in [0.5, 0.6) is 5.75 Å². The zero-order valence-corrected chi connectivity index (χ0v) is 21.8. The van der Waals surface area contributed by atoms with Crippen LogP contribution >= 0.6 is 11.8 Å². The molecule has 3 N–H and O–H groups in total. The van der Waals surface area contributed by atoms with Crippen molar-refractivity contribution in [3.8, 4) is 5.75 Å². The third-order valence-electron chi connectivity index (χ3n) is 6.64. The van der Waals surface area contributed by atoms with Crippen molar-refractivity contribution < 1.29 is 14.3 Å². The fraction of sp³-hybridized carbons (Fsp3) is 0.370. The van der Waals surface area contributed by atoms with E-state index >= 15 is 0 Å². The average Bonchev–Trinajstić information content (AvgIpc) is 3.52. The Bertz CT molecular complexity index is 1200. The summed E-state index contributed by atoms with van der Waals surface area (Å²) in [7, 11) is 0. The quantitative estimate of drug-likeness (QED) is 0.337. The van der Waals surface area contributed by atoms with E-state index in [9.17, 15) is 9.59 Å². The first-order valence-electron chi connectivity index (χ1n) is 12.6. The zero-order valence-electron chi connectivity index (χ0n) is 21.0. The molecule has 37 heavy (non-hydrogen) atoms. The number of hydrazine groups is 1. The summed E-state index contributed by atoms with van der Waals surface area (Å²) in [6.45, 7) is 4.41. The van der Waals surface area contributed by atoms with Crippen molar-refractivity contribution in [2.45, 2.75) is 51.4 Å². The Hall–Kier alpha value is -3.50. The van der Waals surface area contributed by atoms with Gasteiger partial charge in [-0.15, -0.1) is 0 Å². The molecule has 0 bridgehead atoms. The van der Waals surface area contributed by atoms with E-state index < -0.39 is 0 Å². The number of rotatable bonds is 9. The summed E-state index contributed by atoms with van der Waals surface area (Å²) in [5.74, 6) is 0.932. The van der Waals surface area contributed by atoms with Crippen LogP contribution in [0.2, 0.25) is 0 Å². The van der Waals surface area contributed by atoms with E-state index in [2.05, 4.69) is 50.2 Å². The Labute approximate surface area is 221 Å². The van der Waals surface area contributed by atoms with Gasteiger partial charge in [0.1, 0.15) is 11.9 Å². The molecule has 3 aliphatic rings. The first-order chi connectivity index (χ1) is 18.0. The predicted molar refractivity (Wildman–Crippen MR) is 146 cm³/mol. The number of nitrogens with one attached hydrogen (secondary N) is 3.